The Morgan fingerprint density at radius 1 is 1.12 bits per heavy atom. The number of piperazine rings is 1. The van der Waals surface area contributed by atoms with E-state index in [1.165, 1.54) is 19.1 Å². The summed E-state index contributed by atoms with van der Waals surface area (Å²) in [5.41, 5.74) is 0.0342. The lowest BCUT2D eigenvalue weighted by Crippen LogP contribution is -2.50. The summed E-state index contributed by atoms with van der Waals surface area (Å²) >= 11 is 5.64. The average Bonchev–Trinajstić information content (AvgIpc) is 2.55. The molecule has 1 N–H and O–H groups in total. The van der Waals surface area contributed by atoms with E-state index in [2.05, 4.69) is 5.32 Å². The number of nitrogens with zero attached hydrogens (tertiary/aromatic N) is 2. The van der Waals surface area contributed by atoms with E-state index < -0.39 is 11.7 Å². The van der Waals surface area contributed by atoms with Gasteiger partial charge in [0, 0.05) is 51.0 Å². The number of halogens is 2. The molecule has 8 heteroatoms. The second-order valence-electron chi connectivity index (χ2n) is 5.56. The average molecular weight is 356 g/mol. The molecule has 1 heterocycles. The highest BCUT2D eigenvalue weighted by Crippen LogP contribution is 2.19. The Kier molecular flexibility index (Phi) is 6.14. The van der Waals surface area contributed by atoms with Crippen LogP contribution in [0.5, 0.6) is 0 Å². The third-order valence-electron chi connectivity index (χ3n) is 3.85. The quantitative estimate of drug-likeness (QED) is 0.896. The Labute approximate surface area is 144 Å². The Morgan fingerprint density at radius 3 is 2.33 bits per heavy atom. The first-order valence-corrected chi connectivity index (χ1v) is 8.03. The standard InChI is InChI=1S/C16H19ClFN3O3/c1-11(22)20-6-8-21(9-7-20)16(24)5-4-15(23)19-14-3-2-12(17)10-13(14)18/h2-3,10H,4-9H2,1H3,(H,19,23). The SMILES string of the molecule is CC(=O)N1CCN(C(=O)CCC(=O)Nc2ccc(Cl)cc2F)CC1. The minimum Gasteiger partial charge on any atom is -0.339 e. The molecule has 3 amide bonds. The molecule has 1 aromatic carbocycles. The van der Waals surface area contributed by atoms with Crippen LogP contribution in [-0.4, -0.2) is 53.7 Å². The lowest BCUT2D eigenvalue weighted by atomic mass is 10.2. The Morgan fingerprint density at radius 2 is 1.75 bits per heavy atom. The molecule has 6 nitrogen and oxygen atoms in total. The maximum Gasteiger partial charge on any atom is 0.224 e. The molecule has 0 bridgehead atoms. The summed E-state index contributed by atoms with van der Waals surface area (Å²) in [5, 5.41) is 2.66. The molecule has 0 unspecified atom stereocenters. The van der Waals surface area contributed by atoms with E-state index in [1.807, 2.05) is 0 Å². The first kappa shape index (κ1) is 18.2. The summed E-state index contributed by atoms with van der Waals surface area (Å²) in [6.45, 7) is 3.43. The van der Waals surface area contributed by atoms with Gasteiger partial charge in [0.1, 0.15) is 5.82 Å². The Bertz CT molecular complexity index is 645. The van der Waals surface area contributed by atoms with Crippen LogP contribution in [0.15, 0.2) is 18.2 Å². The van der Waals surface area contributed by atoms with Crippen LogP contribution in [0.3, 0.4) is 0 Å². The molecule has 0 saturated carbocycles. The maximum atomic E-state index is 13.6. The molecule has 130 valence electrons. The van der Waals surface area contributed by atoms with Gasteiger partial charge >= 0.3 is 0 Å². The van der Waals surface area contributed by atoms with Crippen molar-refractivity contribution in [1.82, 2.24) is 9.80 Å². The van der Waals surface area contributed by atoms with E-state index in [9.17, 15) is 18.8 Å². The molecule has 1 saturated heterocycles. The van der Waals surface area contributed by atoms with Gasteiger partial charge in [-0.2, -0.15) is 0 Å². The predicted molar refractivity (Wildman–Crippen MR) is 88.1 cm³/mol. The highest BCUT2D eigenvalue weighted by molar-refractivity contribution is 6.30. The lowest BCUT2D eigenvalue weighted by molar-refractivity contribution is -0.138. The largest absolute Gasteiger partial charge is 0.339 e. The molecule has 1 aliphatic rings. The number of hydrogen-bond acceptors (Lipinski definition) is 3. The fraction of sp³-hybridized carbons (Fsp3) is 0.438. The van der Waals surface area contributed by atoms with Gasteiger partial charge in [-0.05, 0) is 18.2 Å². The van der Waals surface area contributed by atoms with Crippen LogP contribution in [0.1, 0.15) is 19.8 Å². The van der Waals surface area contributed by atoms with Crippen molar-refractivity contribution < 1.29 is 18.8 Å². The molecule has 0 spiro atoms. The smallest absolute Gasteiger partial charge is 0.224 e. The molecule has 1 aliphatic heterocycles. The third kappa shape index (κ3) is 4.92. The van der Waals surface area contributed by atoms with Gasteiger partial charge in [-0.25, -0.2) is 4.39 Å². The van der Waals surface area contributed by atoms with Gasteiger partial charge in [0.15, 0.2) is 0 Å². The fourth-order valence-corrected chi connectivity index (χ4v) is 2.61. The van der Waals surface area contributed by atoms with Crippen LogP contribution in [0, 0.1) is 5.82 Å². The van der Waals surface area contributed by atoms with E-state index in [0.717, 1.165) is 6.07 Å². The summed E-state index contributed by atoms with van der Waals surface area (Å²) in [4.78, 5) is 38.5. The number of carbonyl (C=O) groups excluding carboxylic acids is 3. The zero-order valence-corrected chi connectivity index (χ0v) is 14.1. The second-order valence-corrected chi connectivity index (χ2v) is 6.00. The van der Waals surface area contributed by atoms with Gasteiger partial charge in [-0.1, -0.05) is 11.6 Å². The molecular formula is C16H19ClFN3O3. The van der Waals surface area contributed by atoms with Gasteiger partial charge in [0.05, 0.1) is 5.69 Å². The van der Waals surface area contributed by atoms with Crippen molar-refractivity contribution in [1.29, 1.82) is 0 Å². The summed E-state index contributed by atoms with van der Waals surface area (Å²) < 4.78 is 13.6. The van der Waals surface area contributed by atoms with Crippen molar-refractivity contribution in [2.75, 3.05) is 31.5 Å². The number of anilines is 1. The van der Waals surface area contributed by atoms with Crippen LogP contribution < -0.4 is 5.32 Å². The first-order chi connectivity index (χ1) is 11.4. The molecule has 0 atom stereocenters. The third-order valence-corrected chi connectivity index (χ3v) is 4.08. The highest BCUT2D eigenvalue weighted by Gasteiger charge is 2.22. The van der Waals surface area contributed by atoms with Crippen molar-refractivity contribution in [2.24, 2.45) is 0 Å². The van der Waals surface area contributed by atoms with Crippen molar-refractivity contribution >= 4 is 35.0 Å². The molecule has 0 aliphatic carbocycles. The normalized spacial score (nSPS) is 14.5. The molecule has 24 heavy (non-hydrogen) atoms. The van der Waals surface area contributed by atoms with Gasteiger partial charge in [-0.3, -0.25) is 14.4 Å². The number of rotatable bonds is 4. The van der Waals surface area contributed by atoms with Crippen LogP contribution in [-0.2, 0) is 14.4 Å². The van der Waals surface area contributed by atoms with Crippen LogP contribution in [0.25, 0.3) is 0 Å². The summed E-state index contributed by atoms with van der Waals surface area (Å²) in [6, 6.07) is 3.95. The van der Waals surface area contributed by atoms with Crippen molar-refractivity contribution in [3.8, 4) is 0 Å². The van der Waals surface area contributed by atoms with E-state index in [1.54, 1.807) is 9.80 Å². The van der Waals surface area contributed by atoms with Gasteiger partial charge in [-0.15, -0.1) is 0 Å². The van der Waals surface area contributed by atoms with E-state index in [-0.39, 0.29) is 35.4 Å². The number of amides is 3. The molecule has 0 radical (unpaired) electrons. The summed E-state index contributed by atoms with van der Waals surface area (Å²) in [7, 11) is 0. The topological polar surface area (TPSA) is 69.7 Å². The number of carbonyl (C=O) groups is 3. The van der Waals surface area contributed by atoms with Gasteiger partial charge in [0.25, 0.3) is 0 Å². The predicted octanol–water partition coefficient (Wildman–Crippen LogP) is 1.89. The van der Waals surface area contributed by atoms with E-state index in [4.69, 9.17) is 11.6 Å². The minimum atomic E-state index is -0.623. The summed E-state index contributed by atoms with van der Waals surface area (Å²) in [6.07, 6.45) is 0.00887. The lowest BCUT2D eigenvalue weighted by Gasteiger charge is -2.34. The summed E-state index contributed by atoms with van der Waals surface area (Å²) in [5.74, 6) is -1.22. The number of nitrogens with one attached hydrogen (secondary N) is 1. The number of benzene rings is 1. The zero-order chi connectivity index (χ0) is 17.7. The van der Waals surface area contributed by atoms with Gasteiger partial charge in [0.2, 0.25) is 17.7 Å². The van der Waals surface area contributed by atoms with E-state index in [0.29, 0.717) is 26.2 Å². The fourth-order valence-electron chi connectivity index (χ4n) is 2.45. The van der Waals surface area contributed by atoms with Crippen molar-refractivity contribution in [3.63, 3.8) is 0 Å². The van der Waals surface area contributed by atoms with Crippen LogP contribution in [0.4, 0.5) is 10.1 Å². The van der Waals surface area contributed by atoms with Crippen LogP contribution in [0.2, 0.25) is 5.02 Å². The second kappa shape index (κ2) is 8.10. The zero-order valence-electron chi connectivity index (χ0n) is 13.3. The molecule has 1 fully saturated rings. The Balaban J connectivity index is 1.77. The molecular weight excluding hydrogens is 337 g/mol. The monoisotopic (exact) mass is 355 g/mol. The molecule has 2 rings (SSSR count). The highest BCUT2D eigenvalue weighted by atomic mass is 35.5. The minimum absolute atomic E-state index is 0.00790. The van der Waals surface area contributed by atoms with Crippen molar-refractivity contribution in [3.05, 3.63) is 29.0 Å². The van der Waals surface area contributed by atoms with Gasteiger partial charge < -0.3 is 15.1 Å². The van der Waals surface area contributed by atoms with Crippen molar-refractivity contribution in [2.45, 2.75) is 19.8 Å². The molecule has 0 aromatic heterocycles. The first-order valence-electron chi connectivity index (χ1n) is 7.65. The van der Waals surface area contributed by atoms with Crippen LogP contribution >= 0.6 is 11.6 Å². The maximum absolute atomic E-state index is 13.6. The molecule has 1 aromatic rings. The Hall–Kier alpha value is -2.15. The number of hydrogen-bond donors (Lipinski definition) is 1. The van der Waals surface area contributed by atoms with E-state index >= 15 is 0 Å².